The van der Waals surface area contributed by atoms with E-state index in [9.17, 15) is 23.3 Å². The molecule has 0 heterocycles. The number of nitro benzene ring substituents is 1. The van der Waals surface area contributed by atoms with Gasteiger partial charge in [-0.2, -0.15) is 5.10 Å². The molecule has 0 spiro atoms. The largest absolute Gasteiger partial charge is 0.573 e. The molecule has 1 aromatic carbocycles. The summed E-state index contributed by atoms with van der Waals surface area (Å²) in [5, 5.41) is 13.6. The van der Waals surface area contributed by atoms with Gasteiger partial charge in [-0.05, 0) is 12.1 Å². The fraction of sp³-hybridized carbons (Fsp3) is 0.125. The Morgan fingerprint density at radius 2 is 2.12 bits per heavy atom. The average molecular weight is 249 g/mol. The van der Waals surface area contributed by atoms with Gasteiger partial charge in [-0.25, -0.2) is 0 Å². The summed E-state index contributed by atoms with van der Waals surface area (Å²) in [5.74, 6) is 4.21. The first-order valence-electron chi connectivity index (χ1n) is 4.11. The van der Waals surface area contributed by atoms with Gasteiger partial charge in [0.1, 0.15) is 5.75 Å². The van der Waals surface area contributed by atoms with Crippen molar-refractivity contribution >= 4 is 11.9 Å². The van der Waals surface area contributed by atoms with Crippen LogP contribution in [0.3, 0.4) is 0 Å². The second-order valence-electron chi connectivity index (χ2n) is 2.80. The van der Waals surface area contributed by atoms with Crippen LogP contribution in [0.1, 0.15) is 5.56 Å². The number of hydrogen-bond acceptors (Lipinski definition) is 5. The van der Waals surface area contributed by atoms with Crippen molar-refractivity contribution in [3.63, 3.8) is 0 Å². The molecule has 9 heteroatoms. The lowest BCUT2D eigenvalue weighted by molar-refractivity contribution is -0.385. The minimum Gasteiger partial charge on any atom is -0.406 e. The zero-order valence-electron chi connectivity index (χ0n) is 8.14. The molecule has 0 aliphatic rings. The normalized spacial score (nSPS) is 11.7. The van der Waals surface area contributed by atoms with Crippen molar-refractivity contribution in [2.75, 3.05) is 0 Å². The number of alkyl halides is 3. The van der Waals surface area contributed by atoms with Crippen LogP contribution in [0, 0.1) is 10.1 Å². The monoisotopic (exact) mass is 249 g/mol. The fourth-order valence-corrected chi connectivity index (χ4v) is 1.08. The predicted molar refractivity (Wildman–Crippen MR) is 51.6 cm³/mol. The third-order valence-electron chi connectivity index (χ3n) is 1.64. The number of nitrogens with two attached hydrogens (primary N) is 1. The van der Waals surface area contributed by atoms with Gasteiger partial charge in [0.15, 0.2) is 0 Å². The van der Waals surface area contributed by atoms with E-state index in [1.165, 1.54) is 0 Å². The summed E-state index contributed by atoms with van der Waals surface area (Å²) in [7, 11) is 0. The second kappa shape index (κ2) is 4.68. The first-order valence-corrected chi connectivity index (χ1v) is 4.11. The first kappa shape index (κ1) is 12.7. The van der Waals surface area contributed by atoms with Crippen LogP contribution >= 0.6 is 0 Å². The predicted octanol–water partition coefficient (Wildman–Crippen LogP) is 1.79. The standard InChI is InChI=1S/C8H6F3N3O3/c9-8(10,11)17-6-1-2-7(14(15)16)5(3-6)4-13-12/h1-4H,12H2. The molecule has 0 radical (unpaired) electrons. The Morgan fingerprint density at radius 1 is 1.47 bits per heavy atom. The molecule has 17 heavy (non-hydrogen) atoms. The van der Waals surface area contributed by atoms with Gasteiger partial charge in [0, 0.05) is 6.07 Å². The lowest BCUT2D eigenvalue weighted by Crippen LogP contribution is -2.17. The van der Waals surface area contributed by atoms with Gasteiger partial charge in [0.25, 0.3) is 5.69 Å². The molecule has 92 valence electrons. The van der Waals surface area contributed by atoms with E-state index >= 15 is 0 Å². The van der Waals surface area contributed by atoms with E-state index < -0.39 is 22.7 Å². The van der Waals surface area contributed by atoms with E-state index in [4.69, 9.17) is 5.84 Å². The van der Waals surface area contributed by atoms with Crippen LogP contribution in [0.4, 0.5) is 18.9 Å². The van der Waals surface area contributed by atoms with Crippen molar-refractivity contribution in [3.8, 4) is 5.75 Å². The van der Waals surface area contributed by atoms with E-state index in [2.05, 4.69) is 9.84 Å². The third kappa shape index (κ3) is 3.63. The smallest absolute Gasteiger partial charge is 0.406 e. The number of nitro groups is 1. The van der Waals surface area contributed by atoms with Gasteiger partial charge in [-0.15, -0.1) is 13.2 Å². The Kier molecular flexibility index (Phi) is 3.51. The molecule has 0 bridgehead atoms. The first-order chi connectivity index (χ1) is 7.83. The molecular formula is C8H6F3N3O3. The molecule has 6 nitrogen and oxygen atoms in total. The molecule has 0 saturated carbocycles. The summed E-state index contributed by atoms with van der Waals surface area (Å²) >= 11 is 0. The van der Waals surface area contributed by atoms with Crippen molar-refractivity contribution in [3.05, 3.63) is 33.9 Å². The summed E-state index contributed by atoms with van der Waals surface area (Å²) < 4.78 is 39.3. The maximum atomic E-state index is 11.9. The summed E-state index contributed by atoms with van der Waals surface area (Å²) in [6.45, 7) is 0. The Morgan fingerprint density at radius 3 is 2.59 bits per heavy atom. The molecule has 0 saturated heterocycles. The number of ether oxygens (including phenoxy) is 1. The van der Waals surface area contributed by atoms with Gasteiger partial charge in [-0.1, -0.05) is 0 Å². The average Bonchev–Trinajstić information content (AvgIpc) is 2.15. The highest BCUT2D eigenvalue weighted by atomic mass is 19.4. The highest BCUT2D eigenvalue weighted by Gasteiger charge is 2.31. The number of hydrogen-bond donors (Lipinski definition) is 1. The van der Waals surface area contributed by atoms with Crippen molar-refractivity contribution in [1.82, 2.24) is 0 Å². The Balaban J connectivity index is 3.14. The molecule has 0 aliphatic carbocycles. The summed E-state index contributed by atoms with van der Waals surface area (Å²) in [5.41, 5.74) is -0.604. The Bertz CT molecular complexity index is 459. The van der Waals surface area contributed by atoms with Crippen LogP contribution in [0.15, 0.2) is 23.3 Å². The summed E-state index contributed by atoms with van der Waals surface area (Å²) in [6.07, 6.45) is -4.01. The van der Waals surface area contributed by atoms with Gasteiger partial charge in [-0.3, -0.25) is 10.1 Å². The Labute approximate surface area is 92.6 Å². The highest BCUT2D eigenvalue weighted by molar-refractivity contribution is 5.85. The molecule has 0 atom stereocenters. The van der Waals surface area contributed by atoms with Crippen molar-refractivity contribution < 1.29 is 22.8 Å². The van der Waals surface area contributed by atoms with E-state index in [0.29, 0.717) is 0 Å². The minimum absolute atomic E-state index is 0.181. The molecule has 0 unspecified atom stereocenters. The van der Waals surface area contributed by atoms with Gasteiger partial charge in [0.05, 0.1) is 16.7 Å². The lowest BCUT2D eigenvalue weighted by Gasteiger charge is -2.08. The maximum absolute atomic E-state index is 11.9. The molecule has 1 rings (SSSR count). The lowest BCUT2D eigenvalue weighted by atomic mass is 10.2. The molecule has 2 N–H and O–H groups in total. The van der Waals surface area contributed by atoms with E-state index in [-0.39, 0.29) is 5.56 Å². The summed E-state index contributed by atoms with van der Waals surface area (Å²) in [4.78, 5) is 9.76. The zero-order chi connectivity index (χ0) is 13.1. The third-order valence-corrected chi connectivity index (χ3v) is 1.64. The summed E-state index contributed by atoms with van der Waals surface area (Å²) in [6, 6.07) is 2.53. The van der Waals surface area contributed by atoms with E-state index in [0.717, 1.165) is 24.4 Å². The molecule has 0 aliphatic heterocycles. The van der Waals surface area contributed by atoms with Gasteiger partial charge in [0.2, 0.25) is 0 Å². The van der Waals surface area contributed by atoms with E-state index in [1.54, 1.807) is 0 Å². The van der Waals surface area contributed by atoms with Crippen molar-refractivity contribution in [2.24, 2.45) is 10.9 Å². The topological polar surface area (TPSA) is 90.8 Å². The van der Waals surface area contributed by atoms with Crippen molar-refractivity contribution in [1.29, 1.82) is 0 Å². The number of benzene rings is 1. The van der Waals surface area contributed by atoms with Crippen molar-refractivity contribution in [2.45, 2.75) is 6.36 Å². The molecule has 0 amide bonds. The highest BCUT2D eigenvalue weighted by Crippen LogP contribution is 2.27. The number of halogens is 3. The van der Waals surface area contributed by atoms with Crippen LogP contribution in [0.2, 0.25) is 0 Å². The quantitative estimate of drug-likeness (QED) is 0.382. The van der Waals surface area contributed by atoms with Crippen LogP contribution in [-0.4, -0.2) is 17.5 Å². The van der Waals surface area contributed by atoms with Crippen LogP contribution < -0.4 is 10.6 Å². The molecule has 1 aromatic rings. The minimum atomic E-state index is -4.87. The Hall–Kier alpha value is -2.32. The number of rotatable bonds is 3. The number of hydrazone groups is 1. The van der Waals surface area contributed by atoms with Crippen LogP contribution in [0.25, 0.3) is 0 Å². The molecular weight excluding hydrogens is 243 g/mol. The van der Waals surface area contributed by atoms with Gasteiger partial charge >= 0.3 is 6.36 Å². The molecule has 0 aromatic heterocycles. The van der Waals surface area contributed by atoms with Crippen LogP contribution in [0.5, 0.6) is 5.75 Å². The van der Waals surface area contributed by atoms with Crippen LogP contribution in [-0.2, 0) is 0 Å². The molecule has 0 fully saturated rings. The maximum Gasteiger partial charge on any atom is 0.573 e. The second-order valence-corrected chi connectivity index (χ2v) is 2.80. The fourth-order valence-electron chi connectivity index (χ4n) is 1.08. The van der Waals surface area contributed by atoms with E-state index in [1.807, 2.05) is 0 Å². The zero-order valence-corrected chi connectivity index (χ0v) is 8.14. The van der Waals surface area contributed by atoms with Gasteiger partial charge < -0.3 is 10.6 Å². The SMILES string of the molecule is NN=Cc1cc(OC(F)(F)F)ccc1[N+](=O)[O-]. The number of nitrogens with zero attached hydrogens (tertiary/aromatic N) is 2.